The fraction of sp³-hybridized carbons (Fsp3) is 0.619. The highest BCUT2D eigenvalue weighted by Crippen LogP contribution is 2.40. The van der Waals surface area contributed by atoms with Crippen LogP contribution in [0.1, 0.15) is 65.7 Å². The van der Waals surface area contributed by atoms with Gasteiger partial charge in [-0.2, -0.15) is 0 Å². The van der Waals surface area contributed by atoms with Crippen LogP contribution in [0.2, 0.25) is 0 Å². The fourth-order valence-corrected chi connectivity index (χ4v) is 3.49. The Bertz CT molecular complexity index is 687. The third-order valence-electron chi connectivity index (χ3n) is 5.49. The molecule has 0 aromatic heterocycles. The molecule has 3 N–H and O–H groups in total. The van der Waals surface area contributed by atoms with E-state index in [2.05, 4.69) is 6.08 Å². The molecule has 0 aromatic rings. The predicted octanol–water partition coefficient (Wildman–Crippen LogP) is 3.04. The molecular weight excluding hydrogens is 348 g/mol. The molecular formula is C21H30O6. The summed E-state index contributed by atoms with van der Waals surface area (Å²) in [6.07, 6.45) is 5.80. The first-order chi connectivity index (χ1) is 12.6. The van der Waals surface area contributed by atoms with Gasteiger partial charge in [0.15, 0.2) is 5.78 Å². The Morgan fingerprint density at radius 2 is 1.96 bits per heavy atom. The molecule has 0 saturated carbocycles. The van der Waals surface area contributed by atoms with Gasteiger partial charge in [0.2, 0.25) is 0 Å². The molecule has 2 aliphatic rings. The highest BCUT2D eigenvalue weighted by Gasteiger charge is 2.44. The minimum atomic E-state index is -0.898. The van der Waals surface area contributed by atoms with Crippen LogP contribution < -0.4 is 0 Å². The van der Waals surface area contributed by atoms with Crippen molar-refractivity contribution in [3.05, 3.63) is 34.6 Å². The SMILES string of the molecule is CC(=CCCC1(C)OC2=C(CC1O)C(=O)CCC2O)CCC=C(C)C(=O)O. The summed E-state index contributed by atoms with van der Waals surface area (Å²) in [5.41, 5.74) is 1.09. The van der Waals surface area contributed by atoms with Crippen molar-refractivity contribution in [1.82, 2.24) is 0 Å². The normalized spacial score (nSPS) is 29.4. The number of allylic oxidation sites excluding steroid dienone is 3. The Labute approximate surface area is 160 Å². The Morgan fingerprint density at radius 1 is 1.26 bits per heavy atom. The number of carbonyl (C=O) groups excluding carboxylic acids is 1. The Balaban J connectivity index is 1.94. The van der Waals surface area contributed by atoms with Gasteiger partial charge in [-0.25, -0.2) is 4.79 Å². The van der Waals surface area contributed by atoms with Gasteiger partial charge in [-0.05, 0) is 52.9 Å². The molecule has 6 heteroatoms. The van der Waals surface area contributed by atoms with Gasteiger partial charge in [-0.3, -0.25) is 4.79 Å². The van der Waals surface area contributed by atoms with Crippen molar-refractivity contribution in [2.24, 2.45) is 0 Å². The van der Waals surface area contributed by atoms with Crippen molar-refractivity contribution >= 4 is 11.8 Å². The summed E-state index contributed by atoms with van der Waals surface area (Å²) in [6.45, 7) is 5.39. The molecule has 0 radical (unpaired) electrons. The number of carboxylic acids is 1. The van der Waals surface area contributed by atoms with E-state index in [9.17, 15) is 19.8 Å². The molecule has 0 spiro atoms. The van der Waals surface area contributed by atoms with Crippen molar-refractivity contribution in [1.29, 1.82) is 0 Å². The number of aliphatic hydroxyl groups is 2. The summed E-state index contributed by atoms with van der Waals surface area (Å²) in [6, 6.07) is 0. The van der Waals surface area contributed by atoms with Crippen molar-refractivity contribution in [2.45, 2.75) is 83.5 Å². The number of Topliss-reactive ketones (excluding diaryl/α,β-unsaturated/α-hetero) is 1. The molecule has 150 valence electrons. The molecule has 3 atom stereocenters. The lowest BCUT2D eigenvalue weighted by molar-refractivity contribution is -0.134. The molecule has 0 saturated heterocycles. The van der Waals surface area contributed by atoms with Crippen LogP contribution in [0.3, 0.4) is 0 Å². The first-order valence-electron chi connectivity index (χ1n) is 9.51. The van der Waals surface area contributed by atoms with E-state index >= 15 is 0 Å². The molecule has 2 rings (SSSR count). The minimum absolute atomic E-state index is 0.0446. The second-order valence-corrected chi connectivity index (χ2v) is 7.78. The third kappa shape index (κ3) is 5.30. The smallest absolute Gasteiger partial charge is 0.330 e. The average Bonchev–Trinajstić information content (AvgIpc) is 2.60. The number of rotatable bonds is 7. The molecule has 1 aliphatic heterocycles. The fourth-order valence-electron chi connectivity index (χ4n) is 3.49. The van der Waals surface area contributed by atoms with Crippen LogP contribution in [-0.4, -0.2) is 44.9 Å². The van der Waals surface area contributed by atoms with Crippen LogP contribution in [0.15, 0.2) is 34.6 Å². The Hall–Kier alpha value is -1.92. The second kappa shape index (κ2) is 8.85. The molecule has 0 amide bonds. The Morgan fingerprint density at radius 3 is 2.63 bits per heavy atom. The molecule has 3 unspecified atom stereocenters. The zero-order chi connectivity index (χ0) is 20.2. The van der Waals surface area contributed by atoms with Crippen LogP contribution in [-0.2, 0) is 14.3 Å². The number of aliphatic carboxylic acids is 1. The summed E-state index contributed by atoms with van der Waals surface area (Å²) >= 11 is 0. The van der Waals surface area contributed by atoms with Crippen LogP contribution in [0.25, 0.3) is 0 Å². The van der Waals surface area contributed by atoms with Gasteiger partial charge in [-0.15, -0.1) is 0 Å². The monoisotopic (exact) mass is 378 g/mol. The summed E-state index contributed by atoms with van der Waals surface area (Å²) in [7, 11) is 0. The van der Waals surface area contributed by atoms with Crippen LogP contribution in [0.4, 0.5) is 0 Å². The van der Waals surface area contributed by atoms with Gasteiger partial charge in [-0.1, -0.05) is 17.7 Å². The lowest BCUT2D eigenvalue weighted by Crippen LogP contribution is -2.48. The zero-order valence-corrected chi connectivity index (χ0v) is 16.3. The first-order valence-corrected chi connectivity index (χ1v) is 9.51. The van der Waals surface area contributed by atoms with Gasteiger partial charge in [0.25, 0.3) is 0 Å². The lowest BCUT2D eigenvalue weighted by atomic mass is 9.81. The van der Waals surface area contributed by atoms with E-state index in [1.54, 1.807) is 13.0 Å². The third-order valence-corrected chi connectivity index (χ3v) is 5.49. The number of hydrogen-bond acceptors (Lipinski definition) is 5. The number of carbonyl (C=O) groups is 2. The minimum Gasteiger partial charge on any atom is -0.486 e. The van der Waals surface area contributed by atoms with Crippen LogP contribution in [0.5, 0.6) is 0 Å². The second-order valence-electron chi connectivity index (χ2n) is 7.78. The largest absolute Gasteiger partial charge is 0.486 e. The van der Waals surface area contributed by atoms with E-state index in [1.807, 2.05) is 13.8 Å². The standard InChI is InChI=1S/C21H30O6/c1-13(6-4-8-14(2)20(25)26)7-5-11-21(3)18(24)12-15-16(22)9-10-17(23)19(15)27-21/h7-8,17-18,23-24H,4-6,9-12H2,1-3H3,(H,25,26). The molecule has 27 heavy (non-hydrogen) atoms. The van der Waals surface area contributed by atoms with Gasteiger partial charge >= 0.3 is 5.97 Å². The van der Waals surface area contributed by atoms with E-state index in [0.29, 0.717) is 49.0 Å². The van der Waals surface area contributed by atoms with Crippen LogP contribution >= 0.6 is 0 Å². The van der Waals surface area contributed by atoms with E-state index in [-0.39, 0.29) is 12.2 Å². The summed E-state index contributed by atoms with van der Waals surface area (Å²) < 4.78 is 5.95. The van der Waals surface area contributed by atoms with E-state index in [1.165, 1.54) is 0 Å². The van der Waals surface area contributed by atoms with Gasteiger partial charge < -0.3 is 20.1 Å². The van der Waals surface area contributed by atoms with Crippen molar-refractivity contribution < 1.29 is 29.6 Å². The Kier molecular flexibility index (Phi) is 7.00. The number of carboxylic acid groups (broad SMARTS) is 1. The van der Waals surface area contributed by atoms with Gasteiger partial charge in [0, 0.05) is 24.0 Å². The van der Waals surface area contributed by atoms with Crippen molar-refractivity contribution in [2.75, 3.05) is 0 Å². The topological polar surface area (TPSA) is 104 Å². The maximum absolute atomic E-state index is 12.0. The van der Waals surface area contributed by atoms with E-state index in [4.69, 9.17) is 9.84 Å². The quantitative estimate of drug-likeness (QED) is 0.465. The highest BCUT2D eigenvalue weighted by atomic mass is 16.5. The van der Waals surface area contributed by atoms with Crippen molar-refractivity contribution in [3.8, 4) is 0 Å². The zero-order valence-electron chi connectivity index (χ0n) is 16.3. The summed E-state index contributed by atoms with van der Waals surface area (Å²) in [5.74, 6) is -0.601. The molecule has 0 fully saturated rings. The molecule has 1 heterocycles. The highest BCUT2D eigenvalue weighted by molar-refractivity contribution is 5.97. The summed E-state index contributed by atoms with van der Waals surface area (Å²) in [4.78, 5) is 22.8. The van der Waals surface area contributed by atoms with Crippen LogP contribution in [0, 0.1) is 0 Å². The molecule has 0 aromatic carbocycles. The van der Waals surface area contributed by atoms with Crippen molar-refractivity contribution in [3.63, 3.8) is 0 Å². The van der Waals surface area contributed by atoms with E-state index < -0.39 is 23.8 Å². The van der Waals surface area contributed by atoms with Gasteiger partial charge in [0.05, 0.1) is 6.10 Å². The van der Waals surface area contributed by atoms with Gasteiger partial charge in [0.1, 0.15) is 17.5 Å². The molecule has 6 nitrogen and oxygen atoms in total. The first kappa shape index (κ1) is 21.4. The average molecular weight is 378 g/mol. The lowest BCUT2D eigenvalue weighted by Gasteiger charge is -2.43. The molecule has 1 aliphatic carbocycles. The van der Waals surface area contributed by atoms with E-state index in [0.717, 1.165) is 12.0 Å². The number of hydrogen-bond donors (Lipinski definition) is 3. The molecule has 0 bridgehead atoms. The number of ether oxygens (including phenoxy) is 1. The maximum atomic E-state index is 12.0. The number of ketones is 1. The maximum Gasteiger partial charge on any atom is 0.330 e. The summed E-state index contributed by atoms with van der Waals surface area (Å²) in [5, 5.41) is 29.5. The predicted molar refractivity (Wildman–Crippen MR) is 101 cm³/mol. The number of aliphatic hydroxyl groups excluding tert-OH is 2.